The summed E-state index contributed by atoms with van der Waals surface area (Å²) in [4.78, 5) is 0. The standard InChI is InChI=1S/C13H16F2O/c1-3-4-5-6-11(16)12-10(14)8-7-9(2)13(12)15/h3,7-8,11,16H,1,4-6H2,2H3. The van der Waals surface area contributed by atoms with Crippen molar-refractivity contribution in [3.05, 3.63) is 47.5 Å². The van der Waals surface area contributed by atoms with Crippen molar-refractivity contribution in [1.29, 1.82) is 0 Å². The van der Waals surface area contributed by atoms with Gasteiger partial charge in [0.25, 0.3) is 0 Å². The number of hydrogen-bond donors (Lipinski definition) is 1. The number of halogens is 2. The van der Waals surface area contributed by atoms with Crippen LogP contribution in [0.1, 0.15) is 36.5 Å². The van der Waals surface area contributed by atoms with E-state index in [0.717, 1.165) is 6.42 Å². The quantitative estimate of drug-likeness (QED) is 0.600. The van der Waals surface area contributed by atoms with E-state index in [0.29, 0.717) is 18.4 Å². The Labute approximate surface area is 94.4 Å². The molecular formula is C13H16F2O. The summed E-state index contributed by atoms with van der Waals surface area (Å²) in [5, 5.41) is 9.72. The van der Waals surface area contributed by atoms with Gasteiger partial charge in [0.1, 0.15) is 11.6 Å². The van der Waals surface area contributed by atoms with Crippen LogP contribution in [0.2, 0.25) is 0 Å². The normalized spacial score (nSPS) is 12.5. The van der Waals surface area contributed by atoms with Crippen LogP contribution in [0.3, 0.4) is 0 Å². The van der Waals surface area contributed by atoms with Crippen molar-refractivity contribution in [2.75, 3.05) is 0 Å². The maximum Gasteiger partial charge on any atom is 0.134 e. The molecule has 0 saturated carbocycles. The highest BCUT2D eigenvalue weighted by molar-refractivity contribution is 5.28. The second-order valence-corrected chi connectivity index (χ2v) is 3.83. The Balaban J connectivity index is 2.85. The Morgan fingerprint density at radius 1 is 1.44 bits per heavy atom. The fourth-order valence-corrected chi connectivity index (χ4v) is 1.58. The van der Waals surface area contributed by atoms with Gasteiger partial charge in [-0.1, -0.05) is 12.1 Å². The molecule has 0 bridgehead atoms. The van der Waals surface area contributed by atoms with Gasteiger partial charge in [0.2, 0.25) is 0 Å². The molecule has 88 valence electrons. The molecule has 1 atom stereocenters. The highest BCUT2D eigenvalue weighted by Crippen LogP contribution is 2.26. The molecular weight excluding hydrogens is 210 g/mol. The SMILES string of the molecule is C=CCCCC(O)c1c(F)ccc(C)c1F. The molecule has 0 radical (unpaired) electrons. The topological polar surface area (TPSA) is 20.2 Å². The molecule has 1 aromatic carbocycles. The Kier molecular flexibility index (Phi) is 4.62. The van der Waals surface area contributed by atoms with E-state index in [2.05, 4.69) is 6.58 Å². The first-order valence-electron chi connectivity index (χ1n) is 5.31. The van der Waals surface area contributed by atoms with Gasteiger partial charge in [0.05, 0.1) is 11.7 Å². The molecule has 0 saturated heterocycles. The molecule has 1 rings (SSSR count). The molecule has 0 aliphatic rings. The maximum atomic E-state index is 13.6. The van der Waals surface area contributed by atoms with Gasteiger partial charge in [-0.15, -0.1) is 6.58 Å². The third-order valence-electron chi connectivity index (χ3n) is 2.54. The summed E-state index contributed by atoms with van der Waals surface area (Å²) >= 11 is 0. The molecule has 3 heteroatoms. The first-order chi connectivity index (χ1) is 7.57. The van der Waals surface area contributed by atoms with Crippen molar-refractivity contribution in [2.24, 2.45) is 0 Å². The van der Waals surface area contributed by atoms with Crippen molar-refractivity contribution in [1.82, 2.24) is 0 Å². The Bertz CT molecular complexity index is 374. The molecule has 1 unspecified atom stereocenters. The van der Waals surface area contributed by atoms with Gasteiger partial charge >= 0.3 is 0 Å². The molecule has 1 N–H and O–H groups in total. The molecule has 0 amide bonds. The van der Waals surface area contributed by atoms with E-state index in [9.17, 15) is 13.9 Å². The second-order valence-electron chi connectivity index (χ2n) is 3.83. The predicted octanol–water partition coefficient (Wildman–Crippen LogP) is 3.66. The van der Waals surface area contributed by atoms with Crippen molar-refractivity contribution in [2.45, 2.75) is 32.3 Å². The van der Waals surface area contributed by atoms with E-state index in [4.69, 9.17) is 0 Å². The third-order valence-corrected chi connectivity index (χ3v) is 2.54. The fraction of sp³-hybridized carbons (Fsp3) is 0.385. The fourth-order valence-electron chi connectivity index (χ4n) is 1.58. The van der Waals surface area contributed by atoms with Gasteiger partial charge in [-0.05, 0) is 37.8 Å². The summed E-state index contributed by atoms with van der Waals surface area (Å²) in [5.41, 5.74) is 0.128. The lowest BCUT2D eigenvalue weighted by atomic mass is 10.0. The average molecular weight is 226 g/mol. The molecule has 0 aliphatic carbocycles. The van der Waals surface area contributed by atoms with E-state index in [-0.39, 0.29) is 5.56 Å². The maximum absolute atomic E-state index is 13.6. The molecule has 0 aliphatic heterocycles. The number of aryl methyl sites for hydroxylation is 1. The summed E-state index contributed by atoms with van der Waals surface area (Å²) in [5.74, 6) is -1.33. The summed E-state index contributed by atoms with van der Waals surface area (Å²) < 4.78 is 27.0. The van der Waals surface area contributed by atoms with Crippen molar-refractivity contribution >= 4 is 0 Å². The zero-order valence-corrected chi connectivity index (χ0v) is 9.34. The van der Waals surface area contributed by atoms with Crippen LogP contribution in [-0.4, -0.2) is 5.11 Å². The number of hydrogen-bond acceptors (Lipinski definition) is 1. The van der Waals surface area contributed by atoms with Gasteiger partial charge in [-0.25, -0.2) is 8.78 Å². The van der Waals surface area contributed by atoms with Gasteiger partial charge < -0.3 is 5.11 Å². The lowest BCUT2D eigenvalue weighted by Gasteiger charge is -2.13. The van der Waals surface area contributed by atoms with Crippen molar-refractivity contribution < 1.29 is 13.9 Å². The van der Waals surface area contributed by atoms with Gasteiger partial charge in [0, 0.05) is 0 Å². The van der Waals surface area contributed by atoms with Crippen LogP contribution in [-0.2, 0) is 0 Å². The molecule has 1 aromatic rings. The minimum absolute atomic E-state index is 0.218. The Morgan fingerprint density at radius 3 is 2.75 bits per heavy atom. The number of rotatable bonds is 5. The largest absolute Gasteiger partial charge is 0.388 e. The van der Waals surface area contributed by atoms with E-state index in [1.54, 1.807) is 13.0 Å². The average Bonchev–Trinajstić information content (AvgIpc) is 2.24. The number of aliphatic hydroxyl groups excluding tert-OH is 1. The highest BCUT2D eigenvalue weighted by Gasteiger charge is 2.18. The summed E-state index contributed by atoms with van der Waals surface area (Å²) in [6.45, 7) is 5.10. The van der Waals surface area contributed by atoms with Crippen molar-refractivity contribution in [3.8, 4) is 0 Å². The predicted molar refractivity (Wildman–Crippen MR) is 60.1 cm³/mol. The second kappa shape index (κ2) is 5.75. The summed E-state index contributed by atoms with van der Waals surface area (Å²) in [7, 11) is 0. The van der Waals surface area contributed by atoms with Crippen LogP contribution in [0.5, 0.6) is 0 Å². The van der Waals surface area contributed by atoms with Gasteiger partial charge in [-0.3, -0.25) is 0 Å². The number of aliphatic hydroxyl groups is 1. The zero-order chi connectivity index (χ0) is 12.1. The summed E-state index contributed by atoms with van der Waals surface area (Å²) in [6, 6.07) is 2.55. The first kappa shape index (κ1) is 12.8. The van der Waals surface area contributed by atoms with Crippen LogP contribution < -0.4 is 0 Å². The first-order valence-corrected chi connectivity index (χ1v) is 5.31. The molecule has 0 fully saturated rings. The molecule has 0 spiro atoms. The molecule has 0 heterocycles. The molecule has 0 aromatic heterocycles. The van der Waals surface area contributed by atoms with Crippen LogP contribution in [0, 0.1) is 18.6 Å². The lowest BCUT2D eigenvalue weighted by molar-refractivity contribution is 0.155. The molecule has 1 nitrogen and oxygen atoms in total. The van der Waals surface area contributed by atoms with Crippen LogP contribution in [0.25, 0.3) is 0 Å². The Hall–Kier alpha value is -1.22. The summed E-state index contributed by atoms with van der Waals surface area (Å²) in [6.07, 6.45) is 2.36. The third kappa shape index (κ3) is 2.89. The van der Waals surface area contributed by atoms with E-state index in [1.807, 2.05) is 0 Å². The van der Waals surface area contributed by atoms with E-state index < -0.39 is 17.7 Å². The Morgan fingerprint density at radius 2 is 2.12 bits per heavy atom. The minimum Gasteiger partial charge on any atom is -0.388 e. The van der Waals surface area contributed by atoms with Crippen LogP contribution in [0.4, 0.5) is 8.78 Å². The lowest BCUT2D eigenvalue weighted by Crippen LogP contribution is -2.05. The number of unbranched alkanes of at least 4 members (excludes halogenated alkanes) is 1. The smallest absolute Gasteiger partial charge is 0.134 e. The monoisotopic (exact) mass is 226 g/mol. The minimum atomic E-state index is -1.08. The van der Waals surface area contributed by atoms with Crippen LogP contribution in [0.15, 0.2) is 24.8 Å². The molecule has 16 heavy (non-hydrogen) atoms. The zero-order valence-electron chi connectivity index (χ0n) is 9.34. The van der Waals surface area contributed by atoms with Gasteiger partial charge in [0.15, 0.2) is 0 Å². The number of benzene rings is 1. The highest BCUT2D eigenvalue weighted by atomic mass is 19.1. The van der Waals surface area contributed by atoms with Crippen molar-refractivity contribution in [3.63, 3.8) is 0 Å². The van der Waals surface area contributed by atoms with E-state index in [1.165, 1.54) is 12.1 Å². The van der Waals surface area contributed by atoms with E-state index >= 15 is 0 Å². The number of allylic oxidation sites excluding steroid dienone is 1. The van der Waals surface area contributed by atoms with Gasteiger partial charge in [-0.2, -0.15) is 0 Å². The van der Waals surface area contributed by atoms with Crippen LogP contribution >= 0.6 is 0 Å².